The van der Waals surface area contributed by atoms with Crippen LogP contribution in [0.2, 0.25) is 0 Å². The summed E-state index contributed by atoms with van der Waals surface area (Å²) >= 11 is 0. The number of hydrogen-bond donors (Lipinski definition) is 1. The third kappa shape index (κ3) is 3.52. The molecule has 0 spiro atoms. The van der Waals surface area contributed by atoms with Crippen molar-refractivity contribution in [2.45, 2.75) is 52.3 Å². The van der Waals surface area contributed by atoms with Gasteiger partial charge in [0.15, 0.2) is 0 Å². The summed E-state index contributed by atoms with van der Waals surface area (Å²) in [6.45, 7) is 10.3. The van der Waals surface area contributed by atoms with E-state index in [1.807, 2.05) is 37.4 Å². The average Bonchev–Trinajstić information content (AvgIpc) is 2.82. The second-order valence-corrected chi connectivity index (χ2v) is 7.75. The van der Waals surface area contributed by atoms with Gasteiger partial charge >= 0.3 is 6.09 Å². The molecule has 0 bridgehead atoms. The van der Waals surface area contributed by atoms with Crippen LogP contribution in [0, 0.1) is 11.8 Å². The zero-order chi connectivity index (χ0) is 16.8. The minimum absolute atomic E-state index is 0.177. The van der Waals surface area contributed by atoms with Gasteiger partial charge in [-0.05, 0) is 39.0 Å². The highest BCUT2D eigenvalue weighted by molar-refractivity contribution is 5.69. The van der Waals surface area contributed by atoms with Crippen LogP contribution in [0.3, 0.4) is 0 Å². The zero-order valence-corrected chi connectivity index (χ0v) is 14.8. The highest BCUT2D eigenvalue weighted by atomic mass is 16.6. The standard InChI is InChI=1S/C17H28N4O2/c1-6-14-11(8-20(5)19-14)7-18-15-12-9-21(10-13(12)15)16(22)23-17(2,3)4/h8,12-13,15,18H,6-7,9-10H2,1-5H3. The molecule has 1 aromatic rings. The Morgan fingerprint density at radius 1 is 1.39 bits per heavy atom. The van der Waals surface area contributed by atoms with Crippen LogP contribution in [0.1, 0.15) is 39.0 Å². The van der Waals surface area contributed by atoms with Crippen molar-refractivity contribution in [3.8, 4) is 0 Å². The molecule has 1 N–H and O–H groups in total. The maximum atomic E-state index is 12.1. The van der Waals surface area contributed by atoms with Crippen LogP contribution in [-0.2, 0) is 24.8 Å². The number of carbonyl (C=O) groups excluding carboxylic acids is 1. The molecular formula is C17H28N4O2. The largest absolute Gasteiger partial charge is 0.444 e. The maximum Gasteiger partial charge on any atom is 0.410 e. The van der Waals surface area contributed by atoms with Crippen LogP contribution in [0.5, 0.6) is 0 Å². The van der Waals surface area contributed by atoms with Crippen molar-refractivity contribution in [2.24, 2.45) is 18.9 Å². The number of carbonyl (C=O) groups is 1. The Balaban J connectivity index is 1.46. The molecule has 6 nitrogen and oxygen atoms in total. The Morgan fingerprint density at radius 3 is 2.61 bits per heavy atom. The van der Waals surface area contributed by atoms with Gasteiger partial charge < -0.3 is 15.0 Å². The smallest absolute Gasteiger partial charge is 0.410 e. The van der Waals surface area contributed by atoms with E-state index in [1.54, 1.807) is 0 Å². The summed E-state index contributed by atoms with van der Waals surface area (Å²) in [4.78, 5) is 13.9. The number of aryl methyl sites for hydroxylation is 2. The van der Waals surface area contributed by atoms with Gasteiger partial charge in [0.25, 0.3) is 0 Å². The fourth-order valence-electron chi connectivity index (χ4n) is 3.56. The molecule has 2 atom stereocenters. The average molecular weight is 320 g/mol. The van der Waals surface area contributed by atoms with Crippen molar-refractivity contribution in [1.82, 2.24) is 20.0 Å². The first-order valence-electron chi connectivity index (χ1n) is 8.51. The van der Waals surface area contributed by atoms with Crippen LogP contribution < -0.4 is 5.32 Å². The second-order valence-electron chi connectivity index (χ2n) is 7.75. The summed E-state index contributed by atoms with van der Waals surface area (Å²) < 4.78 is 7.33. The van der Waals surface area contributed by atoms with Gasteiger partial charge in [0.2, 0.25) is 0 Å². The topological polar surface area (TPSA) is 59.4 Å². The van der Waals surface area contributed by atoms with Crippen molar-refractivity contribution >= 4 is 6.09 Å². The van der Waals surface area contributed by atoms with Crippen molar-refractivity contribution in [1.29, 1.82) is 0 Å². The number of likely N-dealkylation sites (tertiary alicyclic amines) is 1. The highest BCUT2D eigenvalue weighted by Gasteiger charge is 2.56. The lowest BCUT2D eigenvalue weighted by Gasteiger charge is -2.26. The van der Waals surface area contributed by atoms with E-state index in [4.69, 9.17) is 4.74 Å². The third-order valence-corrected chi connectivity index (χ3v) is 4.70. The van der Waals surface area contributed by atoms with E-state index in [0.717, 1.165) is 26.1 Å². The summed E-state index contributed by atoms with van der Waals surface area (Å²) in [6.07, 6.45) is 2.88. The Kier molecular flexibility index (Phi) is 4.12. The lowest BCUT2D eigenvalue weighted by molar-refractivity contribution is 0.0269. The monoisotopic (exact) mass is 320 g/mol. The molecular weight excluding hydrogens is 292 g/mol. The van der Waals surface area contributed by atoms with E-state index < -0.39 is 5.60 Å². The van der Waals surface area contributed by atoms with Crippen LogP contribution in [-0.4, -0.2) is 45.5 Å². The number of rotatable bonds is 4. The second kappa shape index (κ2) is 5.82. The number of ether oxygens (including phenoxy) is 1. The van der Waals surface area contributed by atoms with Gasteiger partial charge in [0.05, 0.1) is 5.69 Å². The normalized spacial score (nSPS) is 26.3. The van der Waals surface area contributed by atoms with Crippen molar-refractivity contribution in [2.75, 3.05) is 13.1 Å². The highest BCUT2D eigenvalue weighted by Crippen LogP contribution is 2.45. The molecule has 6 heteroatoms. The minimum atomic E-state index is -0.418. The van der Waals surface area contributed by atoms with Crippen LogP contribution in [0.4, 0.5) is 4.79 Å². The van der Waals surface area contributed by atoms with E-state index in [0.29, 0.717) is 17.9 Å². The SMILES string of the molecule is CCc1nn(C)cc1CNC1C2CN(C(=O)OC(C)(C)C)CC21. The molecule has 23 heavy (non-hydrogen) atoms. The quantitative estimate of drug-likeness (QED) is 0.921. The lowest BCUT2D eigenvalue weighted by Crippen LogP contribution is -2.39. The molecule has 1 saturated carbocycles. The Labute approximate surface area is 138 Å². The van der Waals surface area contributed by atoms with Crippen LogP contribution >= 0.6 is 0 Å². The van der Waals surface area contributed by atoms with E-state index in [2.05, 4.69) is 23.5 Å². The number of amides is 1. The molecule has 2 fully saturated rings. The first kappa shape index (κ1) is 16.3. The molecule has 2 heterocycles. The molecule has 2 aliphatic rings. The lowest BCUT2D eigenvalue weighted by atomic mass is 10.2. The Morgan fingerprint density at radius 2 is 2.04 bits per heavy atom. The number of aromatic nitrogens is 2. The van der Waals surface area contributed by atoms with Gasteiger partial charge in [0, 0.05) is 44.5 Å². The van der Waals surface area contributed by atoms with Gasteiger partial charge in [-0.2, -0.15) is 5.10 Å². The molecule has 1 amide bonds. The molecule has 0 radical (unpaired) electrons. The van der Waals surface area contributed by atoms with Gasteiger partial charge in [-0.15, -0.1) is 0 Å². The first-order valence-corrected chi connectivity index (χ1v) is 8.51. The zero-order valence-electron chi connectivity index (χ0n) is 14.8. The Hall–Kier alpha value is -1.56. The molecule has 1 aromatic heterocycles. The predicted molar refractivity (Wildman–Crippen MR) is 88.0 cm³/mol. The summed E-state index contributed by atoms with van der Waals surface area (Å²) in [5.41, 5.74) is 2.03. The number of nitrogens with one attached hydrogen (secondary N) is 1. The minimum Gasteiger partial charge on any atom is -0.444 e. The molecule has 1 aliphatic heterocycles. The molecule has 3 rings (SSSR count). The fourth-order valence-corrected chi connectivity index (χ4v) is 3.56. The Bertz CT molecular complexity index is 578. The van der Waals surface area contributed by atoms with E-state index >= 15 is 0 Å². The van der Waals surface area contributed by atoms with Gasteiger partial charge in [-0.25, -0.2) is 4.79 Å². The van der Waals surface area contributed by atoms with Crippen molar-refractivity contribution < 1.29 is 9.53 Å². The van der Waals surface area contributed by atoms with Gasteiger partial charge in [-0.1, -0.05) is 6.92 Å². The van der Waals surface area contributed by atoms with E-state index in [9.17, 15) is 4.79 Å². The molecule has 1 saturated heterocycles. The molecule has 1 aliphatic carbocycles. The number of fused-ring (bicyclic) bond motifs is 1. The summed E-state index contributed by atoms with van der Waals surface area (Å²) in [5.74, 6) is 1.15. The van der Waals surface area contributed by atoms with Crippen LogP contribution in [0.25, 0.3) is 0 Å². The summed E-state index contributed by atoms with van der Waals surface area (Å²) in [6, 6.07) is 0.526. The van der Waals surface area contributed by atoms with Gasteiger partial charge in [-0.3, -0.25) is 4.68 Å². The summed E-state index contributed by atoms with van der Waals surface area (Å²) in [5, 5.41) is 8.11. The molecule has 0 aromatic carbocycles. The predicted octanol–water partition coefficient (Wildman–Crippen LogP) is 1.94. The van der Waals surface area contributed by atoms with Crippen molar-refractivity contribution in [3.05, 3.63) is 17.5 Å². The molecule has 128 valence electrons. The van der Waals surface area contributed by atoms with Gasteiger partial charge in [0.1, 0.15) is 5.60 Å². The number of nitrogens with zero attached hydrogens (tertiary/aromatic N) is 3. The maximum absolute atomic E-state index is 12.1. The van der Waals surface area contributed by atoms with E-state index in [-0.39, 0.29) is 6.09 Å². The number of piperidine rings is 1. The fraction of sp³-hybridized carbons (Fsp3) is 0.765. The summed E-state index contributed by atoms with van der Waals surface area (Å²) in [7, 11) is 1.97. The number of hydrogen-bond acceptors (Lipinski definition) is 4. The van der Waals surface area contributed by atoms with Crippen molar-refractivity contribution in [3.63, 3.8) is 0 Å². The molecule has 2 unspecified atom stereocenters. The third-order valence-electron chi connectivity index (χ3n) is 4.70. The van der Waals surface area contributed by atoms with E-state index in [1.165, 1.54) is 11.3 Å². The van der Waals surface area contributed by atoms with Crippen LogP contribution in [0.15, 0.2) is 6.20 Å². The first-order chi connectivity index (χ1) is 10.8.